The quantitative estimate of drug-likeness (QED) is 0.871. The van der Waals surface area contributed by atoms with E-state index in [9.17, 15) is 8.42 Å². The molecule has 1 heterocycles. The van der Waals surface area contributed by atoms with Crippen LogP contribution in [0.1, 0.15) is 5.56 Å². The second kappa shape index (κ2) is 5.81. The van der Waals surface area contributed by atoms with Crippen molar-refractivity contribution >= 4 is 15.7 Å². The van der Waals surface area contributed by atoms with Crippen LogP contribution in [0.4, 0.5) is 5.69 Å². The van der Waals surface area contributed by atoms with Gasteiger partial charge in [-0.2, -0.15) is 0 Å². The van der Waals surface area contributed by atoms with Crippen LogP contribution < -0.4 is 10.0 Å². The molecule has 0 aliphatic heterocycles. The molecule has 100 valence electrons. The maximum Gasteiger partial charge on any atom is 0.261 e. The molecule has 0 bridgehead atoms. The summed E-state index contributed by atoms with van der Waals surface area (Å²) in [6.45, 7) is 0.621. The minimum Gasteiger partial charge on any atom is -0.316 e. The standard InChI is InChI=1S/C13H15N3O2S/c1-14-9-11-4-2-6-13(8-11)19(17,18)16-12-5-3-7-15-10-12/h2-8,10,14,16H,9H2,1H3. The molecule has 5 nitrogen and oxygen atoms in total. The van der Waals surface area contributed by atoms with Gasteiger partial charge in [0.15, 0.2) is 0 Å². The van der Waals surface area contributed by atoms with Crippen LogP contribution in [0.15, 0.2) is 53.7 Å². The van der Waals surface area contributed by atoms with Crippen molar-refractivity contribution in [1.82, 2.24) is 10.3 Å². The predicted octanol–water partition coefficient (Wildman–Crippen LogP) is 1.60. The van der Waals surface area contributed by atoms with E-state index in [1.54, 1.807) is 36.5 Å². The zero-order valence-corrected chi connectivity index (χ0v) is 11.3. The van der Waals surface area contributed by atoms with Crippen molar-refractivity contribution in [3.05, 3.63) is 54.4 Å². The molecule has 0 saturated carbocycles. The van der Waals surface area contributed by atoms with Crippen LogP contribution in [0.3, 0.4) is 0 Å². The summed E-state index contributed by atoms with van der Waals surface area (Å²) >= 11 is 0. The third-order valence-corrected chi connectivity index (χ3v) is 3.88. The van der Waals surface area contributed by atoms with Crippen LogP contribution >= 0.6 is 0 Å². The molecule has 2 aromatic rings. The fourth-order valence-electron chi connectivity index (χ4n) is 1.66. The van der Waals surface area contributed by atoms with Crippen molar-refractivity contribution in [3.8, 4) is 0 Å². The Bertz CT molecular complexity index is 642. The molecule has 0 atom stereocenters. The Labute approximate surface area is 112 Å². The van der Waals surface area contributed by atoms with E-state index < -0.39 is 10.0 Å². The number of hydrogen-bond acceptors (Lipinski definition) is 4. The van der Waals surface area contributed by atoms with E-state index in [4.69, 9.17) is 0 Å². The molecule has 1 aromatic carbocycles. The largest absolute Gasteiger partial charge is 0.316 e. The van der Waals surface area contributed by atoms with Crippen LogP contribution in [0.25, 0.3) is 0 Å². The second-order valence-corrected chi connectivity index (χ2v) is 5.71. The summed E-state index contributed by atoms with van der Waals surface area (Å²) < 4.78 is 26.9. The van der Waals surface area contributed by atoms with E-state index in [0.717, 1.165) is 5.56 Å². The van der Waals surface area contributed by atoms with Gasteiger partial charge in [0.2, 0.25) is 0 Å². The fraction of sp³-hybridized carbons (Fsp3) is 0.154. The molecule has 6 heteroatoms. The highest BCUT2D eigenvalue weighted by molar-refractivity contribution is 7.92. The zero-order chi connectivity index (χ0) is 13.7. The van der Waals surface area contributed by atoms with Crippen LogP contribution in [-0.4, -0.2) is 20.4 Å². The summed E-state index contributed by atoms with van der Waals surface area (Å²) in [6, 6.07) is 10.1. The van der Waals surface area contributed by atoms with E-state index in [2.05, 4.69) is 15.0 Å². The maximum absolute atomic E-state index is 12.2. The lowest BCUT2D eigenvalue weighted by atomic mass is 10.2. The molecule has 0 radical (unpaired) electrons. The number of benzene rings is 1. The minimum absolute atomic E-state index is 0.240. The highest BCUT2D eigenvalue weighted by Gasteiger charge is 2.14. The SMILES string of the molecule is CNCc1cccc(S(=O)(=O)Nc2cccnc2)c1. The number of rotatable bonds is 5. The van der Waals surface area contributed by atoms with Crippen molar-refractivity contribution in [2.45, 2.75) is 11.4 Å². The number of sulfonamides is 1. The summed E-state index contributed by atoms with van der Waals surface area (Å²) in [5, 5.41) is 2.99. The molecule has 2 N–H and O–H groups in total. The molecular formula is C13H15N3O2S. The second-order valence-electron chi connectivity index (χ2n) is 4.02. The first-order valence-electron chi connectivity index (χ1n) is 5.78. The van der Waals surface area contributed by atoms with E-state index in [1.807, 2.05) is 13.1 Å². The smallest absolute Gasteiger partial charge is 0.261 e. The van der Waals surface area contributed by atoms with Crippen molar-refractivity contribution in [2.75, 3.05) is 11.8 Å². The Hall–Kier alpha value is -1.92. The van der Waals surface area contributed by atoms with Crippen molar-refractivity contribution in [3.63, 3.8) is 0 Å². The van der Waals surface area contributed by atoms with E-state index in [-0.39, 0.29) is 4.90 Å². The topological polar surface area (TPSA) is 71.1 Å². The number of aromatic nitrogens is 1. The highest BCUT2D eigenvalue weighted by atomic mass is 32.2. The van der Waals surface area contributed by atoms with Gasteiger partial charge in [-0.15, -0.1) is 0 Å². The molecule has 0 aliphatic rings. The van der Waals surface area contributed by atoms with Gasteiger partial charge in [0.05, 0.1) is 16.8 Å². The van der Waals surface area contributed by atoms with Crippen molar-refractivity contribution in [1.29, 1.82) is 0 Å². The van der Waals surface area contributed by atoms with Gasteiger partial charge in [0, 0.05) is 12.7 Å². The Kier molecular flexibility index (Phi) is 4.13. The van der Waals surface area contributed by atoms with Crippen LogP contribution in [-0.2, 0) is 16.6 Å². The number of nitrogens with one attached hydrogen (secondary N) is 2. The zero-order valence-electron chi connectivity index (χ0n) is 10.5. The van der Waals surface area contributed by atoms with E-state index in [1.165, 1.54) is 6.20 Å². The monoisotopic (exact) mass is 277 g/mol. The van der Waals surface area contributed by atoms with Crippen LogP contribution in [0, 0.1) is 0 Å². The average molecular weight is 277 g/mol. The number of nitrogens with zero attached hydrogens (tertiary/aromatic N) is 1. The van der Waals surface area contributed by atoms with Crippen LogP contribution in [0.2, 0.25) is 0 Å². The molecule has 0 fully saturated rings. The van der Waals surface area contributed by atoms with Gasteiger partial charge in [0.1, 0.15) is 0 Å². The summed E-state index contributed by atoms with van der Waals surface area (Å²) in [6.07, 6.45) is 3.06. The molecule has 0 amide bonds. The van der Waals surface area contributed by atoms with Gasteiger partial charge >= 0.3 is 0 Å². The van der Waals surface area contributed by atoms with Gasteiger partial charge in [-0.25, -0.2) is 8.42 Å². The maximum atomic E-state index is 12.2. The summed E-state index contributed by atoms with van der Waals surface area (Å²) in [5.41, 5.74) is 1.36. The van der Waals surface area contributed by atoms with Crippen molar-refractivity contribution in [2.24, 2.45) is 0 Å². The molecule has 19 heavy (non-hydrogen) atoms. The van der Waals surface area contributed by atoms with Gasteiger partial charge in [-0.05, 0) is 36.9 Å². The lowest BCUT2D eigenvalue weighted by Gasteiger charge is -2.09. The highest BCUT2D eigenvalue weighted by Crippen LogP contribution is 2.16. The number of anilines is 1. The van der Waals surface area contributed by atoms with E-state index in [0.29, 0.717) is 12.2 Å². The Balaban J connectivity index is 2.27. The van der Waals surface area contributed by atoms with Gasteiger partial charge in [-0.1, -0.05) is 12.1 Å². The number of pyridine rings is 1. The van der Waals surface area contributed by atoms with E-state index >= 15 is 0 Å². The molecule has 0 aliphatic carbocycles. The molecule has 2 rings (SSSR count). The molecule has 0 unspecified atom stereocenters. The average Bonchev–Trinajstić information content (AvgIpc) is 2.40. The lowest BCUT2D eigenvalue weighted by molar-refractivity contribution is 0.601. The molecular weight excluding hydrogens is 262 g/mol. The fourth-order valence-corrected chi connectivity index (χ4v) is 2.78. The summed E-state index contributed by atoms with van der Waals surface area (Å²) in [5.74, 6) is 0. The predicted molar refractivity (Wildman–Crippen MR) is 74.3 cm³/mol. The minimum atomic E-state index is -3.57. The first kappa shape index (κ1) is 13.5. The summed E-state index contributed by atoms with van der Waals surface area (Å²) in [7, 11) is -1.76. The lowest BCUT2D eigenvalue weighted by Crippen LogP contribution is -2.14. The Morgan fingerprint density at radius 1 is 1.21 bits per heavy atom. The normalized spacial score (nSPS) is 11.2. The Morgan fingerprint density at radius 2 is 2.05 bits per heavy atom. The first-order chi connectivity index (χ1) is 9.12. The van der Waals surface area contributed by atoms with Crippen molar-refractivity contribution < 1.29 is 8.42 Å². The molecule has 0 saturated heterocycles. The van der Waals surface area contributed by atoms with Crippen LogP contribution in [0.5, 0.6) is 0 Å². The first-order valence-corrected chi connectivity index (χ1v) is 7.26. The third kappa shape index (κ3) is 3.52. The Morgan fingerprint density at radius 3 is 2.74 bits per heavy atom. The third-order valence-electron chi connectivity index (χ3n) is 2.50. The number of hydrogen-bond donors (Lipinski definition) is 2. The molecule has 1 aromatic heterocycles. The van der Waals surface area contributed by atoms with Gasteiger partial charge < -0.3 is 5.32 Å². The molecule has 0 spiro atoms. The summed E-state index contributed by atoms with van der Waals surface area (Å²) in [4.78, 5) is 4.11. The van der Waals surface area contributed by atoms with Gasteiger partial charge in [-0.3, -0.25) is 9.71 Å². The van der Waals surface area contributed by atoms with Gasteiger partial charge in [0.25, 0.3) is 10.0 Å².